The molecule has 4 nitrogen and oxygen atoms in total. The van der Waals surface area contributed by atoms with Crippen LogP contribution in [0.3, 0.4) is 0 Å². The number of rotatable bonds is 3. The molecule has 6 heteroatoms. The fourth-order valence-electron chi connectivity index (χ4n) is 1.51. The van der Waals surface area contributed by atoms with Gasteiger partial charge in [-0.15, -0.1) is 0 Å². The number of nitrogens with zero attached hydrogens (tertiary/aromatic N) is 1. The number of aromatic nitrogens is 2. The number of H-pyrrole nitrogens is 1. The molecule has 0 spiro atoms. The van der Waals surface area contributed by atoms with Crippen molar-refractivity contribution in [1.82, 2.24) is 9.97 Å². The van der Waals surface area contributed by atoms with E-state index >= 15 is 0 Å². The zero-order valence-corrected chi connectivity index (χ0v) is 9.28. The normalized spacial score (nSPS) is 10.6. The Labute approximate surface area is 101 Å². The summed E-state index contributed by atoms with van der Waals surface area (Å²) in [6.07, 6.45) is 1.28. The minimum absolute atomic E-state index is 0.0487. The van der Waals surface area contributed by atoms with Crippen molar-refractivity contribution in [2.45, 2.75) is 13.0 Å². The Morgan fingerprint density at radius 3 is 2.67 bits per heavy atom. The Kier molecular flexibility index (Phi) is 3.47. The van der Waals surface area contributed by atoms with Gasteiger partial charge >= 0.3 is 0 Å². The molecule has 0 saturated carbocycles. The van der Waals surface area contributed by atoms with Gasteiger partial charge in [0.2, 0.25) is 0 Å². The van der Waals surface area contributed by atoms with Gasteiger partial charge in [-0.3, -0.25) is 4.79 Å². The van der Waals surface area contributed by atoms with E-state index in [1.807, 2.05) is 0 Å². The van der Waals surface area contributed by atoms with Gasteiger partial charge in [0, 0.05) is 18.7 Å². The molecule has 1 aromatic carbocycles. The van der Waals surface area contributed by atoms with Gasteiger partial charge in [-0.05, 0) is 11.6 Å². The van der Waals surface area contributed by atoms with Crippen LogP contribution < -0.4 is 5.56 Å². The van der Waals surface area contributed by atoms with E-state index in [1.165, 1.54) is 12.3 Å². The summed E-state index contributed by atoms with van der Waals surface area (Å²) in [6.45, 7) is -0.409. The van der Waals surface area contributed by atoms with Crippen LogP contribution in [-0.4, -0.2) is 15.1 Å². The highest BCUT2D eigenvalue weighted by molar-refractivity contribution is 5.22. The molecule has 0 unspecified atom stereocenters. The second kappa shape index (κ2) is 5.05. The molecule has 0 aliphatic rings. The molecule has 0 radical (unpaired) electrons. The molecule has 0 amide bonds. The van der Waals surface area contributed by atoms with Crippen LogP contribution in [0.2, 0.25) is 0 Å². The van der Waals surface area contributed by atoms with E-state index < -0.39 is 23.8 Å². The first-order chi connectivity index (χ1) is 8.60. The summed E-state index contributed by atoms with van der Waals surface area (Å²) < 4.78 is 26.1. The zero-order valence-electron chi connectivity index (χ0n) is 9.28. The van der Waals surface area contributed by atoms with Crippen molar-refractivity contribution >= 4 is 0 Å². The lowest BCUT2D eigenvalue weighted by molar-refractivity contribution is 0.279. The summed E-state index contributed by atoms with van der Waals surface area (Å²) in [5, 5.41) is 8.81. The summed E-state index contributed by atoms with van der Waals surface area (Å²) >= 11 is 0. The summed E-state index contributed by atoms with van der Waals surface area (Å²) in [7, 11) is 0. The van der Waals surface area contributed by atoms with Crippen molar-refractivity contribution in [1.29, 1.82) is 0 Å². The second-order valence-electron chi connectivity index (χ2n) is 3.75. The Hall–Kier alpha value is -2.08. The number of aliphatic hydroxyl groups is 1. The fraction of sp³-hybridized carbons (Fsp3) is 0.167. The molecule has 18 heavy (non-hydrogen) atoms. The molecule has 1 heterocycles. The number of nitrogens with one attached hydrogen (secondary N) is 1. The number of halogens is 2. The maximum Gasteiger partial charge on any atom is 0.256 e. The molecule has 0 saturated heterocycles. The Morgan fingerprint density at radius 1 is 1.28 bits per heavy atom. The van der Waals surface area contributed by atoms with Crippen molar-refractivity contribution in [3.63, 3.8) is 0 Å². The number of hydrogen-bond acceptors (Lipinski definition) is 3. The van der Waals surface area contributed by atoms with Gasteiger partial charge < -0.3 is 10.1 Å². The fourth-order valence-corrected chi connectivity index (χ4v) is 1.51. The molecule has 0 bridgehead atoms. The second-order valence-corrected chi connectivity index (χ2v) is 3.75. The van der Waals surface area contributed by atoms with Gasteiger partial charge in [-0.1, -0.05) is 6.07 Å². The van der Waals surface area contributed by atoms with Gasteiger partial charge in [0.25, 0.3) is 5.56 Å². The minimum Gasteiger partial charge on any atom is -0.391 e. The topological polar surface area (TPSA) is 66.0 Å². The lowest BCUT2D eigenvalue weighted by Gasteiger charge is -2.03. The van der Waals surface area contributed by atoms with E-state index in [4.69, 9.17) is 5.11 Å². The first-order valence-corrected chi connectivity index (χ1v) is 5.22. The maximum atomic E-state index is 13.4. The largest absolute Gasteiger partial charge is 0.391 e. The highest BCUT2D eigenvalue weighted by Crippen LogP contribution is 2.12. The summed E-state index contributed by atoms with van der Waals surface area (Å²) in [5.41, 5.74) is -0.0975. The smallest absolute Gasteiger partial charge is 0.256 e. The number of hydrogen-bond donors (Lipinski definition) is 2. The van der Waals surface area contributed by atoms with Gasteiger partial charge in [0.1, 0.15) is 17.5 Å². The Morgan fingerprint density at radius 2 is 2.06 bits per heavy atom. The van der Waals surface area contributed by atoms with E-state index in [2.05, 4.69) is 9.97 Å². The Bertz CT molecular complexity index is 626. The van der Waals surface area contributed by atoms with Crippen molar-refractivity contribution in [3.8, 4) is 0 Å². The van der Waals surface area contributed by atoms with Crippen LogP contribution in [0.1, 0.15) is 17.0 Å². The van der Waals surface area contributed by atoms with E-state index in [9.17, 15) is 13.6 Å². The predicted molar refractivity (Wildman–Crippen MR) is 59.9 cm³/mol. The molecule has 2 rings (SSSR count). The average Bonchev–Trinajstić information content (AvgIpc) is 2.33. The molecule has 0 aliphatic heterocycles. The van der Waals surface area contributed by atoms with Crippen LogP contribution in [0.25, 0.3) is 0 Å². The highest BCUT2D eigenvalue weighted by Gasteiger charge is 2.07. The van der Waals surface area contributed by atoms with Crippen LogP contribution in [0, 0.1) is 11.6 Å². The molecule has 2 N–H and O–H groups in total. The molecule has 0 fully saturated rings. The number of aliphatic hydroxyl groups excluding tert-OH is 1. The zero-order chi connectivity index (χ0) is 13.1. The third-order valence-electron chi connectivity index (χ3n) is 2.47. The van der Waals surface area contributed by atoms with E-state index in [1.54, 1.807) is 0 Å². The van der Waals surface area contributed by atoms with Gasteiger partial charge in [-0.25, -0.2) is 13.8 Å². The minimum atomic E-state index is -0.691. The number of benzene rings is 1. The van der Waals surface area contributed by atoms with Crippen LogP contribution in [-0.2, 0) is 13.0 Å². The lowest BCUT2D eigenvalue weighted by atomic mass is 10.1. The molecular weight excluding hydrogens is 242 g/mol. The molecule has 2 aromatic rings. The van der Waals surface area contributed by atoms with Crippen LogP contribution in [0.15, 0.2) is 29.2 Å². The highest BCUT2D eigenvalue weighted by atomic mass is 19.1. The van der Waals surface area contributed by atoms with Crippen molar-refractivity contribution in [2.75, 3.05) is 0 Å². The summed E-state index contributed by atoms with van der Waals surface area (Å²) in [4.78, 5) is 17.7. The summed E-state index contributed by atoms with van der Waals surface area (Å²) in [5.74, 6) is -1.10. The monoisotopic (exact) mass is 252 g/mol. The van der Waals surface area contributed by atoms with Crippen LogP contribution in [0.5, 0.6) is 0 Å². The molecule has 0 aliphatic carbocycles. The van der Waals surface area contributed by atoms with E-state index in [0.29, 0.717) is 0 Å². The molecule has 0 atom stereocenters. The first-order valence-electron chi connectivity index (χ1n) is 5.22. The average molecular weight is 252 g/mol. The van der Waals surface area contributed by atoms with Crippen LogP contribution in [0.4, 0.5) is 8.78 Å². The Balaban J connectivity index is 2.29. The SMILES string of the molecule is O=c1[nH]c(Cc2ccc(F)cc2F)ncc1CO. The maximum absolute atomic E-state index is 13.4. The molecule has 94 valence electrons. The van der Waals surface area contributed by atoms with E-state index in [-0.39, 0.29) is 23.4 Å². The predicted octanol–water partition coefficient (Wildman–Crippen LogP) is 1.13. The van der Waals surface area contributed by atoms with Crippen molar-refractivity contribution in [2.24, 2.45) is 0 Å². The molecule has 1 aromatic heterocycles. The molecular formula is C12H10F2N2O2. The van der Waals surface area contributed by atoms with Crippen molar-refractivity contribution in [3.05, 3.63) is 63.3 Å². The quantitative estimate of drug-likeness (QED) is 0.860. The lowest BCUT2D eigenvalue weighted by Crippen LogP contribution is -2.16. The van der Waals surface area contributed by atoms with Gasteiger partial charge in [0.15, 0.2) is 0 Å². The summed E-state index contributed by atoms with van der Waals surface area (Å²) in [6, 6.07) is 3.21. The first kappa shape index (κ1) is 12.4. The third-order valence-corrected chi connectivity index (χ3v) is 2.47. The third kappa shape index (κ3) is 2.60. The standard InChI is InChI=1S/C12H10F2N2O2/c13-9-2-1-7(10(14)4-9)3-11-15-5-8(6-17)12(18)16-11/h1-2,4-5,17H,3,6H2,(H,15,16,18). The van der Waals surface area contributed by atoms with Gasteiger partial charge in [0.05, 0.1) is 12.2 Å². The number of aromatic amines is 1. The van der Waals surface area contributed by atoms with Gasteiger partial charge in [-0.2, -0.15) is 0 Å². The van der Waals surface area contributed by atoms with E-state index in [0.717, 1.165) is 12.1 Å². The van der Waals surface area contributed by atoms with Crippen LogP contribution >= 0.6 is 0 Å². The van der Waals surface area contributed by atoms with Crippen molar-refractivity contribution < 1.29 is 13.9 Å².